The molecule has 2 aliphatic rings. The maximum Gasteiger partial charge on any atom is 0.272 e. The topological polar surface area (TPSA) is 45.2 Å². The van der Waals surface area contributed by atoms with Crippen LogP contribution in [0, 0.1) is 5.92 Å². The van der Waals surface area contributed by atoms with Crippen LogP contribution in [0.25, 0.3) is 0 Å². The first-order valence-electron chi connectivity index (χ1n) is 6.80. The first-order valence-corrected chi connectivity index (χ1v) is 6.80. The number of hydrogen-bond donors (Lipinski definition) is 1. The first-order chi connectivity index (χ1) is 8.78. The summed E-state index contributed by atoms with van der Waals surface area (Å²) in [5.74, 6) is 1.62. The molecule has 2 atom stereocenters. The smallest absolute Gasteiger partial charge is 0.272 e. The van der Waals surface area contributed by atoms with Crippen molar-refractivity contribution in [1.82, 2.24) is 9.88 Å². The lowest BCUT2D eigenvalue weighted by molar-refractivity contribution is 0.0698. The molecule has 3 rings (SSSR count). The zero-order valence-corrected chi connectivity index (χ0v) is 10.7. The molecule has 2 unspecified atom stereocenters. The highest BCUT2D eigenvalue weighted by atomic mass is 16.2. The summed E-state index contributed by atoms with van der Waals surface area (Å²) in [6, 6.07) is 6.07. The Morgan fingerprint density at radius 3 is 3.06 bits per heavy atom. The maximum absolute atomic E-state index is 12.4. The van der Waals surface area contributed by atoms with Crippen molar-refractivity contribution in [1.29, 1.82) is 0 Å². The molecule has 1 aromatic heterocycles. The van der Waals surface area contributed by atoms with Gasteiger partial charge in [-0.1, -0.05) is 6.07 Å². The molecule has 0 aromatic carbocycles. The van der Waals surface area contributed by atoms with Gasteiger partial charge in [0.15, 0.2) is 0 Å². The van der Waals surface area contributed by atoms with Crippen LogP contribution in [0.5, 0.6) is 0 Å². The predicted molar refractivity (Wildman–Crippen MR) is 70.6 cm³/mol. The number of anilines is 1. The van der Waals surface area contributed by atoms with Gasteiger partial charge in [0, 0.05) is 19.1 Å². The standard InChI is InChI=1S/C14H19N3O/c1-2-15-13-5-3-4-12(16-13)14(18)17-9-10-6-7-11(17)8-10/h3-5,10-11H,2,6-9H2,1H3,(H,15,16). The molecule has 1 N–H and O–H groups in total. The molecule has 1 aromatic rings. The Kier molecular flexibility index (Phi) is 2.94. The Morgan fingerprint density at radius 1 is 1.50 bits per heavy atom. The van der Waals surface area contributed by atoms with Gasteiger partial charge in [-0.05, 0) is 44.2 Å². The Balaban J connectivity index is 1.77. The Bertz CT molecular complexity index is 460. The van der Waals surface area contributed by atoms with E-state index in [1.54, 1.807) is 0 Å². The number of aromatic nitrogens is 1. The van der Waals surface area contributed by atoms with Crippen molar-refractivity contribution in [3.8, 4) is 0 Å². The highest BCUT2D eigenvalue weighted by molar-refractivity contribution is 5.93. The molecule has 18 heavy (non-hydrogen) atoms. The molecule has 0 spiro atoms. The normalized spacial score (nSPS) is 25.5. The minimum Gasteiger partial charge on any atom is -0.370 e. The highest BCUT2D eigenvalue weighted by Crippen LogP contribution is 2.37. The van der Waals surface area contributed by atoms with Gasteiger partial charge in [-0.25, -0.2) is 4.98 Å². The number of carbonyl (C=O) groups is 1. The van der Waals surface area contributed by atoms with E-state index in [-0.39, 0.29) is 5.91 Å². The van der Waals surface area contributed by atoms with E-state index in [2.05, 4.69) is 10.3 Å². The van der Waals surface area contributed by atoms with Crippen molar-refractivity contribution in [3.63, 3.8) is 0 Å². The summed E-state index contributed by atoms with van der Waals surface area (Å²) in [7, 11) is 0. The average molecular weight is 245 g/mol. The van der Waals surface area contributed by atoms with E-state index in [1.807, 2.05) is 30.0 Å². The Hall–Kier alpha value is -1.58. The zero-order chi connectivity index (χ0) is 12.5. The zero-order valence-electron chi connectivity index (χ0n) is 10.7. The van der Waals surface area contributed by atoms with Gasteiger partial charge < -0.3 is 10.2 Å². The van der Waals surface area contributed by atoms with Crippen LogP contribution in [-0.4, -0.2) is 34.9 Å². The van der Waals surface area contributed by atoms with E-state index in [0.29, 0.717) is 11.7 Å². The summed E-state index contributed by atoms with van der Waals surface area (Å²) in [6.45, 7) is 3.77. The number of hydrogen-bond acceptors (Lipinski definition) is 3. The number of rotatable bonds is 3. The molecule has 1 aliphatic heterocycles. The minimum absolute atomic E-state index is 0.0990. The fourth-order valence-corrected chi connectivity index (χ4v) is 3.15. The van der Waals surface area contributed by atoms with Gasteiger partial charge in [-0.2, -0.15) is 0 Å². The van der Waals surface area contributed by atoms with Gasteiger partial charge in [0.25, 0.3) is 5.91 Å². The molecule has 1 aliphatic carbocycles. The van der Waals surface area contributed by atoms with Crippen molar-refractivity contribution in [2.45, 2.75) is 32.2 Å². The van der Waals surface area contributed by atoms with Crippen molar-refractivity contribution < 1.29 is 4.79 Å². The number of carbonyl (C=O) groups excluding carboxylic acids is 1. The van der Waals surface area contributed by atoms with Gasteiger partial charge in [0.1, 0.15) is 11.5 Å². The van der Waals surface area contributed by atoms with E-state index >= 15 is 0 Å². The minimum atomic E-state index is 0.0990. The molecule has 2 bridgehead atoms. The molecular formula is C14H19N3O. The molecule has 1 saturated heterocycles. The SMILES string of the molecule is CCNc1cccc(C(=O)N2CC3CCC2C3)n1. The highest BCUT2D eigenvalue weighted by Gasteiger charge is 2.40. The summed E-state index contributed by atoms with van der Waals surface area (Å²) in [5, 5.41) is 3.15. The lowest BCUT2D eigenvalue weighted by Crippen LogP contribution is -2.38. The van der Waals surface area contributed by atoms with E-state index < -0.39 is 0 Å². The van der Waals surface area contributed by atoms with Crippen molar-refractivity contribution >= 4 is 11.7 Å². The third kappa shape index (κ3) is 1.96. The van der Waals surface area contributed by atoms with E-state index in [0.717, 1.165) is 24.8 Å². The fourth-order valence-electron chi connectivity index (χ4n) is 3.15. The number of nitrogens with one attached hydrogen (secondary N) is 1. The van der Waals surface area contributed by atoms with Crippen LogP contribution in [-0.2, 0) is 0 Å². The second-order valence-electron chi connectivity index (χ2n) is 5.23. The largest absolute Gasteiger partial charge is 0.370 e. The monoisotopic (exact) mass is 245 g/mol. The van der Waals surface area contributed by atoms with Crippen molar-refractivity contribution in [2.75, 3.05) is 18.4 Å². The van der Waals surface area contributed by atoms with E-state index in [4.69, 9.17) is 0 Å². The van der Waals surface area contributed by atoms with Gasteiger partial charge in [-0.3, -0.25) is 4.79 Å². The second kappa shape index (κ2) is 4.59. The maximum atomic E-state index is 12.4. The van der Waals surface area contributed by atoms with Crippen LogP contribution in [0.3, 0.4) is 0 Å². The van der Waals surface area contributed by atoms with Crippen LogP contribution in [0.4, 0.5) is 5.82 Å². The number of pyridine rings is 1. The van der Waals surface area contributed by atoms with Crippen LogP contribution in [0.15, 0.2) is 18.2 Å². The summed E-state index contributed by atoms with van der Waals surface area (Å²) in [6.07, 6.45) is 3.65. The molecule has 4 nitrogen and oxygen atoms in total. The Morgan fingerprint density at radius 2 is 2.39 bits per heavy atom. The molecule has 2 heterocycles. The lowest BCUT2D eigenvalue weighted by Gasteiger charge is -2.26. The molecule has 4 heteroatoms. The van der Waals surface area contributed by atoms with Crippen molar-refractivity contribution in [2.24, 2.45) is 5.92 Å². The fraction of sp³-hybridized carbons (Fsp3) is 0.571. The van der Waals surface area contributed by atoms with Crippen molar-refractivity contribution in [3.05, 3.63) is 23.9 Å². The van der Waals surface area contributed by atoms with Gasteiger partial charge in [0.05, 0.1) is 0 Å². The number of fused-ring (bicyclic) bond motifs is 2. The van der Waals surface area contributed by atoms with E-state index in [1.165, 1.54) is 19.3 Å². The third-order valence-electron chi connectivity index (χ3n) is 4.00. The van der Waals surface area contributed by atoms with E-state index in [9.17, 15) is 4.79 Å². The molecular weight excluding hydrogens is 226 g/mol. The average Bonchev–Trinajstić information content (AvgIpc) is 3.01. The lowest BCUT2D eigenvalue weighted by atomic mass is 10.1. The van der Waals surface area contributed by atoms with Gasteiger partial charge in [-0.15, -0.1) is 0 Å². The summed E-state index contributed by atoms with van der Waals surface area (Å²) >= 11 is 0. The van der Waals surface area contributed by atoms with Crippen LogP contribution in [0.1, 0.15) is 36.7 Å². The van der Waals surface area contributed by atoms with Crippen LogP contribution < -0.4 is 5.32 Å². The number of nitrogens with zero attached hydrogens (tertiary/aromatic N) is 2. The molecule has 96 valence electrons. The number of likely N-dealkylation sites (tertiary alicyclic amines) is 1. The molecule has 1 saturated carbocycles. The van der Waals surface area contributed by atoms with Crippen LogP contribution in [0.2, 0.25) is 0 Å². The molecule has 2 fully saturated rings. The summed E-state index contributed by atoms with van der Waals surface area (Å²) in [4.78, 5) is 18.8. The second-order valence-corrected chi connectivity index (χ2v) is 5.23. The Labute approximate surface area is 107 Å². The number of piperidine rings is 1. The summed E-state index contributed by atoms with van der Waals surface area (Å²) < 4.78 is 0. The number of amides is 1. The first kappa shape index (κ1) is 11.5. The van der Waals surface area contributed by atoms with Gasteiger partial charge >= 0.3 is 0 Å². The van der Waals surface area contributed by atoms with Gasteiger partial charge in [0.2, 0.25) is 0 Å². The predicted octanol–water partition coefficient (Wildman–Crippen LogP) is 2.14. The molecule has 1 amide bonds. The third-order valence-corrected chi connectivity index (χ3v) is 4.00. The van der Waals surface area contributed by atoms with Crippen LogP contribution >= 0.6 is 0 Å². The summed E-state index contributed by atoms with van der Waals surface area (Å²) in [5.41, 5.74) is 0.570. The quantitative estimate of drug-likeness (QED) is 0.887. The molecule has 0 radical (unpaired) electrons.